The summed E-state index contributed by atoms with van der Waals surface area (Å²) in [6, 6.07) is 5.81. The maximum Gasteiger partial charge on any atom is 0.234 e. The van der Waals surface area contributed by atoms with Crippen molar-refractivity contribution in [3.63, 3.8) is 0 Å². The predicted octanol–water partition coefficient (Wildman–Crippen LogP) is 2.48. The number of hydrogen-bond acceptors (Lipinski definition) is 7. The summed E-state index contributed by atoms with van der Waals surface area (Å²) in [5.74, 6) is 1.37. The van der Waals surface area contributed by atoms with Gasteiger partial charge in [-0.25, -0.2) is 4.98 Å². The maximum atomic E-state index is 12.5. The molecule has 174 valence electrons. The van der Waals surface area contributed by atoms with E-state index in [1.165, 1.54) is 11.3 Å². The van der Waals surface area contributed by atoms with Crippen molar-refractivity contribution in [2.24, 2.45) is 0 Å². The van der Waals surface area contributed by atoms with E-state index < -0.39 is 0 Å². The van der Waals surface area contributed by atoms with Gasteiger partial charge >= 0.3 is 0 Å². The molecule has 2 heterocycles. The van der Waals surface area contributed by atoms with E-state index in [-0.39, 0.29) is 24.3 Å². The minimum atomic E-state index is -0.0201. The van der Waals surface area contributed by atoms with Crippen LogP contribution < -0.4 is 20.1 Å². The Morgan fingerprint density at radius 1 is 1.16 bits per heavy atom. The zero-order valence-electron chi connectivity index (χ0n) is 19.0. The van der Waals surface area contributed by atoms with Gasteiger partial charge in [0.1, 0.15) is 5.01 Å². The molecule has 0 radical (unpaired) electrons. The smallest absolute Gasteiger partial charge is 0.234 e. The van der Waals surface area contributed by atoms with Gasteiger partial charge in [0.25, 0.3) is 0 Å². The van der Waals surface area contributed by atoms with Gasteiger partial charge in [-0.3, -0.25) is 14.5 Å². The minimum Gasteiger partial charge on any atom is -0.493 e. The number of piperidine rings is 1. The van der Waals surface area contributed by atoms with Crippen LogP contribution in [0, 0.1) is 0 Å². The van der Waals surface area contributed by atoms with E-state index in [0.29, 0.717) is 18.0 Å². The lowest BCUT2D eigenvalue weighted by Crippen LogP contribution is -2.47. The molecule has 8 nitrogen and oxygen atoms in total. The third kappa shape index (κ3) is 6.67. The molecule has 0 atom stereocenters. The molecule has 0 saturated carbocycles. The van der Waals surface area contributed by atoms with Crippen molar-refractivity contribution in [3.8, 4) is 22.1 Å². The molecule has 9 heteroatoms. The lowest BCUT2D eigenvalue weighted by Gasteiger charge is -2.31. The second-order valence-corrected chi connectivity index (χ2v) is 8.72. The van der Waals surface area contributed by atoms with Crippen molar-refractivity contribution in [2.75, 3.05) is 40.4 Å². The summed E-state index contributed by atoms with van der Waals surface area (Å²) in [6.07, 6.45) is 2.89. The number of nitrogens with one attached hydrogen (secondary N) is 2. The van der Waals surface area contributed by atoms with Gasteiger partial charge in [-0.05, 0) is 37.5 Å². The number of thiazole rings is 1. The normalized spacial score (nSPS) is 14.7. The number of likely N-dealkylation sites (tertiary alicyclic amines) is 1. The molecule has 32 heavy (non-hydrogen) atoms. The number of carbonyl (C=O) groups excluding carboxylic acids is 2. The Morgan fingerprint density at radius 3 is 2.59 bits per heavy atom. The third-order valence-electron chi connectivity index (χ3n) is 5.42. The zero-order valence-corrected chi connectivity index (χ0v) is 19.8. The Balaban J connectivity index is 1.46. The molecule has 2 N–H and O–H groups in total. The fourth-order valence-electron chi connectivity index (χ4n) is 3.69. The quantitative estimate of drug-likeness (QED) is 0.566. The molecule has 2 aromatic rings. The van der Waals surface area contributed by atoms with Crippen LogP contribution in [-0.2, 0) is 16.0 Å². The number of methoxy groups -OCH3 is 2. The van der Waals surface area contributed by atoms with Gasteiger partial charge in [-0.15, -0.1) is 11.3 Å². The number of benzene rings is 1. The van der Waals surface area contributed by atoms with Crippen LogP contribution >= 0.6 is 11.3 Å². The summed E-state index contributed by atoms with van der Waals surface area (Å²) in [4.78, 5) is 31.2. The van der Waals surface area contributed by atoms with Crippen LogP contribution in [0.5, 0.6) is 11.5 Å². The largest absolute Gasteiger partial charge is 0.493 e. The lowest BCUT2D eigenvalue weighted by atomic mass is 10.0. The summed E-state index contributed by atoms with van der Waals surface area (Å²) in [5.41, 5.74) is 1.68. The molecule has 0 bridgehead atoms. The van der Waals surface area contributed by atoms with Crippen molar-refractivity contribution in [1.82, 2.24) is 20.5 Å². The minimum absolute atomic E-state index is 0.0201. The van der Waals surface area contributed by atoms with Crippen LogP contribution in [0.25, 0.3) is 10.6 Å². The van der Waals surface area contributed by atoms with E-state index in [0.717, 1.165) is 55.2 Å². The second kappa shape index (κ2) is 11.8. The van der Waals surface area contributed by atoms with E-state index in [1.54, 1.807) is 14.2 Å². The van der Waals surface area contributed by atoms with Crippen molar-refractivity contribution < 1.29 is 19.1 Å². The summed E-state index contributed by atoms with van der Waals surface area (Å²) < 4.78 is 10.6. The highest BCUT2D eigenvalue weighted by molar-refractivity contribution is 7.13. The molecular formula is C23H32N4O4S. The molecule has 1 aliphatic rings. The number of amides is 2. The van der Waals surface area contributed by atoms with Crippen LogP contribution in [0.4, 0.5) is 0 Å². The maximum absolute atomic E-state index is 12.5. The molecule has 1 aromatic heterocycles. The van der Waals surface area contributed by atoms with Crippen molar-refractivity contribution in [3.05, 3.63) is 29.3 Å². The van der Waals surface area contributed by atoms with Crippen molar-refractivity contribution in [2.45, 2.75) is 38.6 Å². The van der Waals surface area contributed by atoms with E-state index in [2.05, 4.69) is 20.5 Å². The van der Waals surface area contributed by atoms with Crippen LogP contribution in [0.15, 0.2) is 23.6 Å². The molecule has 2 amide bonds. The Morgan fingerprint density at radius 2 is 1.91 bits per heavy atom. The molecule has 1 aliphatic heterocycles. The predicted molar refractivity (Wildman–Crippen MR) is 125 cm³/mol. The first-order valence-electron chi connectivity index (χ1n) is 11.0. The highest BCUT2D eigenvalue weighted by Crippen LogP contribution is 2.33. The first-order chi connectivity index (χ1) is 15.5. The van der Waals surface area contributed by atoms with E-state index >= 15 is 0 Å². The molecular weight excluding hydrogens is 428 g/mol. The number of aromatic nitrogens is 1. The number of carbonyl (C=O) groups is 2. The first kappa shape index (κ1) is 24.0. The Kier molecular flexibility index (Phi) is 8.87. The Hall–Kier alpha value is -2.65. The summed E-state index contributed by atoms with van der Waals surface area (Å²) in [7, 11) is 3.21. The topological polar surface area (TPSA) is 92.8 Å². The SMILES string of the molecule is CCCNC(=O)CN1CCC(NC(=O)Cc2csc(-c3ccc(OC)c(OC)c3)n2)CC1. The first-order valence-corrected chi connectivity index (χ1v) is 11.9. The van der Waals surface area contributed by atoms with Gasteiger partial charge in [0, 0.05) is 36.6 Å². The lowest BCUT2D eigenvalue weighted by molar-refractivity contribution is -0.124. The van der Waals surface area contributed by atoms with E-state index in [9.17, 15) is 9.59 Å². The summed E-state index contributed by atoms with van der Waals surface area (Å²) in [6.45, 7) is 4.81. The molecule has 3 rings (SSSR count). The van der Waals surface area contributed by atoms with Gasteiger partial charge in [0.15, 0.2) is 11.5 Å². The third-order valence-corrected chi connectivity index (χ3v) is 6.36. The Labute approximate surface area is 193 Å². The second-order valence-electron chi connectivity index (χ2n) is 7.86. The Bertz CT molecular complexity index is 909. The zero-order chi connectivity index (χ0) is 22.9. The van der Waals surface area contributed by atoms with Gasteiger partial charge in [-0.1, -0.05) is 6.92 Å². The number of hydrogen-bond donors (Lipinski definition) is 2. The van der Waals surface area contributed by atoms with Crippen LogP contribution in [0.2, 0.25) is 0 Å². The van der Waals surface area contributed by atoms with Crippen LogP contribution in [0.1, 0.15) is 31.9 Å². The fourth-order valence-corrected chi connectivity index (χ4v) is 4.51. The molecule has 0 spiro atoms. The molecule has 0 aliphatic carbocycles. The highest BCUT2D eigenvalue weighted by Gasteiger charge is 2.22. The average molecular weight is 461 g/mol. The van der Waals surface area contributed by atoms with Crippen molar-refractivity contribution in [1.29, 1.82) is 0 Å². The van der Waals surface area contributed by atoms with E-state index in [1.807, 2.05) is 30.5 Å². The van der Waals surface area contributed by atoms with Crippen LogP contribution in [0.3, 0.4) is 0 Å². The number of rotatable bonds is 10. The van der Waals surface area contributed by atoms with Gasteiger partial charge in [-0.2, -0.15) is 0 Å². The molecule has 1 saturated heterocycles. The van der Waals surface area contributed by atoms with E-state index in [4.69, 9.17) is 9.47 Å². The summed E-state index contributed by atoms with van der Waals surface area (Å²) >= 11 is 1.50. The molecule has 0 unspecified atom stereocenters. The fraction of sp³-hybridized carbons (Fsp3) is 0.522. The van der Waals surface area contributed by atoms with Gasteiger partial charge in [0.2, 0.25) is 11.8 Å². The highest BCUT2D eigenvalue weighted by atomic mass is 32.1. The van der Waals surface area contributed by atoms with Crippen molar-refractivity contribution >= 4 is 23.2 Å². The number of ether oxygens (including phenoxy) is 2. The standard InChI is InChI=1S/C23H32N4O4S/c1-4-9-24-22(29)14-27-10-7-17(8-11-27)25-21(28)13-18-15-32-23(26-18)16-5-6-19(30-2)20(12-16)31-3/h5-6,12,15,17H,4,7-11,13-14H2,1-3H3,(H,24,29)(H,25,28). The molecule has 1 aromatic carbocycles. The number of nitrogens with zero attached hydrogens (tertiary/aromatic N) is 2. The summed E-state index contributed by atoms with van der Waals surface area (Å²) in [5, 5.41) is 8.78. The van der Waals surface area contributed by atoms with Gasteiger partial charge in [0.05, 0.1) is 32.9 Å². The monoisotopic (exact) mass is 460 g/mol. The van der Waals surface area contributed by atoms with Gasteiger partial charge < -0.3 is 20.1 Å². The molecule has 1 fully saturated rings. The average Bonchev–Trinajstić information content (AvgIpc) is 3.26. The van der Waals surface area contributed by atoms with Crippen LogP contribution in [-0.4, -0.2) is 68.1 Å².